The molecule has 0 spiro atoms. The monoisotopic (exact) mass is 422 g/mol. The van der Waals surface area contributed by atoms with Gasteiger partial charge in [-0.1, -0.05) is 29.6 Å². The summed E-state index contributed by atoms with van der Waals surface area (Å²) in [7, 11) is 0. The molecule has 30 heavy (non-hydrogen) atoms. The highest BCUT2D eigenvalue weighted by atomic mass is 32.2. The zero-order chi connectivity index (χ0) is 20.7. The van der Waals surface area contributed by atoms with E-state index in [9.17, 15) is 0 Å². The molecule has 0 bridgehead atoms. The van der Waals surface area contributed by atoms with E-state index in [1.807, 2.05) is 0 Å². The Labute approximate surface area is 182 Å². The van der Waals surface area contributed by atoms with Gasteiger partial charge < -0.3 is 15.2 Å². The molecule has 3 aromatic rings. The Kier molecular flexibility index (Phi) is 5.43. The fraction of sp³-hybridized carbons (Fsp3) is 0.478. The van der Waals surface area contributed by atoms with Crippen molar-refractivity contribution < 1.29 is 0 Å². The average molecular weight is 423 g/mol. The lowest BCUT2D eigenvalue weighted by molar-refractivity contribution is 0.0921. The molecule has 1 saturated heterocycles. The van der Waals surface area contributed by atoms with Crippen molar-refractivity contribution in [2.24, 2.45) is 5.92 Å². The van der Waals surface area contributed by atoms with Crippen molar-refractivity contribution in [2.45, 2.75) is 38.8 Å². The lowest BCUT2D eigenvalue weighted by Crippen LogP contribution is -2.43. The molecule has 1 aromatic carbocycles. The van der Waals surface area contributed by atoms with Gasteiger partial charge >= 0.3 is 0 Å². The lowest BCUT2D eigenvalue weighted by atomic mass is 9.79. The first kappa shape index (κ1) is 19.8. The topological polar surface area (TPSA) is 72.0 Å². The maximum absolute atomic E-state index is 6.36. The van der Waals surface area contributed by atoms with Gasteiger partial charge in [-0.2, -0.15) is 0 Å². The van der Waals surface area contributed by atoms with Gasteiger partial charge in [-0.15, -0.1) is 0 Å². The molecule has 0 radical (unpaired) electrons. The number of likely N-dealkylation sites (tertiary alicyclic amines) is 1. The van der Waals surface area contributed by atoms with Gasteiger partial charge in [0.1, 0.15) is 17.8 Å². The quantitative estimate of drug-likeness (QED) is 0.561. The van der Waals surface area contributed by atoms with Crippen LogP contribution in [0, 0.1) is 12.8 Å². The first-order valence-electron chi connectivity index (χ1n) is 10.8. The SMILES string of the molecule is CSNCc1cc(C)cc(-c2cn([C@H]3C[C@@H](CN4CCC4)C3)c3ncnc(N)c23)c1. The summed E-state index contributed by atoms with van der Waals surface area (Å²) in [4.78, 5) is 11.5. The maximum atomic E-state index is 6.36. The smallest absolute Gasteiger partial charge is 0.146 e. The van der Waals surface area contributed by atoms with E-state index in [2.05, 4.69) is 61.7 Å². The molecule has 6 nitrogen and oxygen atoms in total. The molecule has 158 valence electrons. The van der Waals surface area contributed by atoms with Gasteiger partial charge in [0.25, 0.3) is 0 Å². The molecule has 1 saturated carbocycles. The Hall–Kier alpha value is -2.09. The van der Waals surface area contributed by atoms with Crippen molar-refractivity contribution in [3.63, 3.8) is 0 Å². The number of benzene rings is 1. The molecule has 2 fully saturated rings. The van der Waals surface area contributed by atoms with E-state index in [0.717, 1.165) is 29.1 Å². The third-order valence-corrected chi connectivity index (χ3v) is 7.01. The molecule has 7 heteroatoms. The summed E-state index contributed by atoms with van der Waals surface area (Å²) in [6.07, 6.45) is 9.72. The summed E-state index contributed by atoms with van der Waals surface area (Å²) in [5, 5.41) is 0.984. The number of fused-ring (bicyclic) bond motifs is 1. The largest absolute Gasteiger partial charge is 0.383 e. The first-order valence-corrected chi connectivity index (χ1v) is 12.0. The summed E-state index contributed by atoms with van der Waals surface area (Å²) in [6.45, 7) is 6.80. The number of nitrogen functional groups attached to an aromatic ring is 1. The van der Waals surface area contributed by atoms with E-state index < -0.39 is 0 Å². The molecule has 3 heterocycles. The van der Waals surface area contributed by atoms with Crippen molar-refractivity contribution >= 4 is 28.8 Å². The van der Waals surface area contributed by atoms with Crippen molar-refractivity contribution in [1.29, 1.82) is 0 Å². The van der Waals surface area contributed by atoms with Gasteiger partial charge in [0.05, 0.1) is 5.39 Å². The van der Waals surface area contributed by atoms with Crippen LogP contribution in [0.4, 0.5) is 5.82 Å². The van der Waals surface area contributed by atoms with E-state index in [1.54, 1.807) is 18.3 Å². The summed E-state index contributed by atoms with van der Waals surface area (Å²) in [5.74, 6) is 1.37. The van der Waals surface area contributed by atoms with Crippen LogP contribution >= 0.6 is 11.9 Å². The maximum Gasteiger partial charge on any atom is 0.146 e. The number of hydrogen-bond acceptors (Lipinski definition) is 6. The molecule has 0 unspecified atom stereocenters. The van der Waals surface area contributed by atoms with E-state index >= 15 is 0 Å². The lowest BCUT2D eigenvalue weighted by Gasteiger charge is -2.42. The van der Waals surface area contributed by atoms with Crippen molar-refractivity contribution in [1.82, 2.24) is 24.2 Å². The molecule has 0 amide bonds. The molecule has 1 aliphatic heterocycles. The Morgan fingerprint density at radius 3 is 2.77 bits per heavy atom. The van der Waals surface area contributed by atoms with Crippen LogP contribution in [0.2, 0.25) is 0 Å². The molecular weight excluding hydrogens is 392 g/mol. The summed E-state index contributed by atoms with van der Waals surface area (Å²) in [5.41, 5.74) is 12.2. The van der Waals surface area contributed by atoms with Crippen LogP contribution in [0.25, 0.3) is 22.2 Å². The van der Waals surface area contributed by atoms with Gasteiger partial charge in [-0.05, 0) is 68.6 Å². The average Bonchev–Trinajstić information content (AvgIpc) is 3.04. The fourth-order valence-electron chi connectivity index (χ4n) is 4.89. The van der Waals surface area contributed by atoms with Crippen molar-refractivity contribution in [3.05, 3.63) is 41.9 Å². The fourth-order valence-corrected chi connectivity index (χ4v) is 5.20. The second-order valence-corrected chi connectivity index (χ2v) is 9.48. The standard InChI is InChI=1S/C23H30N6S/c1-15-6-16(11-27-30-2)8-18(7-15)20-13-29(23-21(20)22(24)25-14-26-23)19-9-17(10-19)12-28-4-3-5-28/h6-8,13-14,17,19,27H,3-5,9-12H2,1-2H3,(H2,24,25,26)/t17-,19+. The third-order valence-electron chi connectivity index (χ3n) is 6.58. The normalized spacial score (nSPS) is 21.5. The van der Waals surface area contributed by atoms with Gasteiger partial charge in [-0.3, -0.25) is 4.72 Å². The molecule has 5 rings (SSSR count). The van der Waals surface area contributed by atoms with E-state index in [1.165, 1.54) is 55.6 Å². The van der Waals surface area contributed by atoms with E-state index in [4.69, 9.17) is 5.73 Å². The number of nitrogens with two attached hydrogens (primary N) is 1. The second kappa shape index (κ2) is 8.21. The number of anilines is 1. The molecule has 0 atom stereocenters. The molecule has 1 aliphatic carbocycles. The highest BCUT2D eigenvalue weighted by Gasteiger charge is 2.34. The number of aryl methyl sites for hydroxylation is 1. The minimum absolute atomic E-state index is 0.504. The first-order chi connectivity index (χ1) is 14.6. The van der Waals surface area contributed by atoms with E-state index in [-0.39, 0.29) is 0 Å². The second-order valence-electron chi connectivity index (χ2n) is 8.79. The van der Waals surface area contributed by atoms with Gasteiger partial charge in [0.15, 0.2) is 0 Å². The molecule has 3 N–H and O–H groups in total. The zero-order valence-corrected chi connectivity index (χ0v) is 18.6. The zero-order valence-electron chi connectivity index (χ0n) is 17.8. The summed E-state index contributed by atoms with van der Waals surface area (Å²) < 4.78 is 5.71. The summed E-state index contributed by atoms with van der Waals surface area (Å²) >= 11 is 1.64. The molecule has 2 aliphatic rings. The predicted octanol–water partition coefficient (Wildman–Crippen LogP) is 4.01. The molecule has 2 aromatic heterocycles. The number of nitrogens with zero attached hydrogens (tertiary/aromatic N) is 4. The highest BCUT2D eigenvalue weighted by molar-refractivity contribution is 7.96. The van der Waals surface area contributed by atoms with E-state index in [0.29, 0.717) is 11.9 Å². The van der Waals surface area contributed by atoms with Crippen molar-refractivity contribution in [3.8, 4) is 11.1 Å². The Morgan fingerprint density at radius 2 is 2.03 bits per heavy atom. The minimum atomic E-state index is 0.504. The number of nitrogens with one attached hydrogen (secondary N) is 1. The number of rotatable bonds is 7. The highest BCUT2D eigenvalue weighted by Crippen LogP contribution is 2.43. The minimum Gasteiger partial charge on any atom is -0.383 e. The Morgan fingerprint density at radius 1 is 1.20 bits per heavy atom. The third kappa shape index (κ3) is 3.70. The van der Waals surface area contributed by atoms with Gasteiger partial charge in [0, 0.05) is 30.9 Å². The Balaban J connectivity index is 1.48. The number of aromatic nitrogens is 3. The Bertz CT molecular complexity index is 1050. The van der Waals surface area contributed by atoms with Crippen LogP contribution in [0.15, 0.2) is 30.7 Å². The van der Waals surface area contributed by atoms with Crippen LogP contribution < -0.4 is 10.5 Å². The van der Waals surface area contributed by atoms with Crippen LogP contribution in [0.5, 0.6) is 0 Å². The van der Waals surface area contributed by atoms with Gasteiger partial charge in [0.2, 0.25) is 0 Å². The summed E-state index contributed by atoms with van der Waals surface area (Å²) in [6, 6.07) is 7.23. The molecular formula is C23H30N6S. The van der Waals surface area contributed by atoms with Gasteiger partial charge in [-0.25, -0.2) is 9.97 Å². The van der Waals surface area contributed by atoms with Crippen LogP contribution in [0.3, 0.4) is 0 Å². The van der Waals surface area contributed by atoms with Crippen LogP contribution in [-0.2, 0) is 6.54 Å². The number of hydrogen-bond donors (Lipinski definition) is 2. The van der Waals surface area contributed by atoms with Crippen molar-refractivity contribution in [2.75, 3.05) is 31.6 Å². The van der Waals surface area contributed by atoms with Crippen LogP contribution in [0.1, 0.15) is 36.4 Å². The van der Waals surface area contributed by atoms with Crippen LogP contribution in [-0.4, -0.2) is 45.3 Å². The predicted molar refractivity (Wildman–Crippen MR) is 125 cm³/mol.